The first-order valence-corrected chi connectivity index (χ1v) is 5.92. The van der Waals surface area contributed by atoms with Gasteiger partial charge in [-0.3, -0.25) is 0 Å². The molecule has 0 atom stereocenters. The van der Waals surface area contributed by atoms with Gasteiger partial charge in [0.1, 0.15) is 0 Å². The van der Waals surface area contributed by atoms with E-state index in [9.17, 15) is 4.79 Å². The van der Waals surface area contributed by atoms with E-state index in [1.807, 2.05) is 0 Å². The number of benzene rings is 1. The minimum atomic E-state index is -0.622. The third kappa shape index (κ3) is 3.78. The van der Waals surface area contributed by atoms with Crippen molar-refractivity contribution in [2.75, 3.05) is 27.9 Å². The highest BCUT2D eigenvalue weighted by Crippen LogP contribution is 2.38. The van der Waals surface area contributed by atoms with E-state index in [0.29, 0.717) is 22.8 Å². The van der Waals surface area contributed by atoms with E-state index < -0.39 is 6.09 Å². The predicted molar refractivity (Wildman–Crippen MR) is 73.8 cm³/mol. The summed E-state index contributed by atoms with van der Waals surface area (Å²) in [4.78, 5) is 11.1. The molecule has 7 nitrogen and oxygen atoms in total. The van der Waals surface area contributed by atoms with Crippen LogP contribution in [0.25, 0.3) is 0 Å². The molecule has 0 aliphatic rings. The van der Waals surface area contributed by atoms with Crippen LogP contribution in [-0.2, 0) is 4.74 Å². The fraction of sp³-hybridized carbons (Fsp3) is 0.385. The third-order valence-electron chi connectivity index (χ3n) is 2.37. The smallest absolute Gasteiger partial charge is 0.427 e. The van der Waals surface area contributed by atoms with Gasteiger partial charge in [-0.15, -0.1) is 0 Å². The molecule has 1 N–H and O–H groups in total. The maximum atomic E-state index is 11.1. The number of amides is 1. The Balaban J connectivity index is 2.95. The molecule has 1 rings (SSSR count). The van der Waals surface area contributed by atoms with Crippen molar-refractivity contribution in [3.63, 3.8) is 0 Å². The zero-order chi connectivity index (χ0) is 15.0. The van der Waals surface area contributed by atoms with Gasteiger partial charge in [-0.05, 0) is 19.1 Å². The van der Waals surface area contributed by atoms with Gasteiger partial charge in [-0.25, -0.2) is 10.2 Å². The number of carbonyl (C=O) groups excluding carboxylic acids is 1. The van der Waals surface area contributed by atoms with E-state index in [1.54, 1.807) is 19.1 Å². The molecule has 0 heterocycles. The number of carbonyl (C=O) groups is 1. The van der Waals surface area contributed by atoms with Crippen LogP contribution < -0.4 is 19.6 Å². The predicted octanol–water partition coefficient (Wildman–Crippen LogP) is 1.79. The van der Waals surface area contributed by atoms with Crippen molar-refractivity contribution in [1.82, 2.24) is 5.43 Å². The zero-order valence-corrected chi connectivity index (χ0v) is 11.9. The fourth-order valence-corrected chi connectivity index (χ4v) is 1.54. The molecule has 1 amide bonds. The van der Waals surface area contributed by atoms with Gasteiger partial charge in [-0.1, -0.05) is 0 Å². The van der Waals surface area contributed by atoms with Crippen LogP contribution in [0.4, 0.5) is 4.79 Å². The number of rotatable bonds is 6. The maximum Gasteiger partial charge on any atom is 0.427 e. The molecule has 0 saturated heterocycles. The number of hydrogen-bond acceptors (Lipinski definition) is 6. The van der Waals surface area contributed by atoms with E-state index in [0.717, 1.165) is 0 Å². The summed E-state index contributed by atoms with van der Waals surface area (Å²) < 4.78 is 20.4. The van der Waals surface area contributed by atoms with E-state index >= 15 is 0 Å². The van der Waals surface area contributed by atoms with Crippen molar-refractivity contribution in [3.8, 4) is 17.2 Å². The van der Waals surface area contributed by atoms with Gasteiger partial charge in [0.15, 0.2) is 11.5 Å². The van der Waals surface area contributed by atoms with E-state index in [4.69, 9.17) is 14.2 Å². The molecular formula is C13H18N2O5. The van der Waals surface area contributed by atoms with Gasteiger partial charge in [0.25, 0.3) is 0 Å². The summed E-state index contributed by atoms with van der Waals surface area (Å²) in [5.41, 5.74) is 2.86. The fourth-order valence-electron chi connectivity index (χ4n) is 1.54. The number of ether oxygens (including phenoxy) is 4. The van der Waals surface area contributed by atoms with Crippen molar-refractivity contribution >= 4 is 12.3 Å². The molecule has 0 saturated carbocycles. The zero-order valence-electron chi connectivity index (χ0n) is 11.9. The number of nitrogens with zero attached hydrogens (tertiary/aromatic N) is 1. The number of methoxy groups -OCH3 is 3. The van der Waals surface area contributed by atoms with Crippen molar-refractivity contribution in [2.24, 2.45) is 5.10 Å². The summed E-state index contributed by atoms with van der Waals surface area (Å²) in [6, 6.07) is 3.45. The van der Waals surface area contributed by atoms with Gasteiger partial charge in [0, 0.05) is 5.56 Å². The number of nitrogens with one attached hydrogen (secondary N) is 1. The summed E-state index contributed by atoms with van der Waals surface area (Å²) in [5.74, 6) is 1.45. The van der Waals surface area contributed by atoms with Crippen LogP contribution in [0.5, 0.6) is 17.2 Å². The Morgan fingerprint density at radius 1 is 1.20 bits per heavy atom. The molecule has 0 spiro atoms. The average Bonchev–Trinajstić information content (AvgIpc) is 2.46. The Bertz CT molecular complexity index is 488. The molecule has 20 heavy (non-hydrogen) atoms. The second-order valence-corrected chi connectivity index (χ2v) is 3.51. The molecule has 0 radical (unpaired) electrons. The van der Waals surface area contributed by atoms with E-state index in [1.165, 1.54) is 27.5 Å². The van der Waals surface area contributed by atoms with Crippen LogP contribution in [0.3, 0.4) is 0 Å². The standard InChI is InChI=1S/C13H18N2O5/c1-5-20-13(16)15-14-8-9-6-7-10(17-2)12(19-4)11(9)18-3/h6-8H,5H2,1-4H3,(H,15,16). The topological polar surface area (TPSA) is 78.4 Å². The van der Waals surface area contributed by atoms with Crippen LogP contribution in [-0.4, -0.2) is 40.2 Å². The molecule has 7 heteroatoms. The van der Waals surface area contributed by atoms with Crippen molar-refractivity contribution < 1.29 is 23.7 Å². The summed E-state index contributed by atoms with van der Waals surface area (Å²) in [6.07, 6.45) is 0.806. The summed E-state index contributed by atoms with van der Waals surface area (Å²) >= 11 is 0. The first kappa shape index (κ1) is 15.6. The molecular weight excluding hydrogens is 264 g/mol. The molecule has 0 aliphatic carbocycles. The lowest BCUT2D eigenvalue weighted by atomic mass is 10.2. The highest BCUT2D eigenvalue weighted by Gasteiger charge is 2.14. The lowest BCUT2D eigenvalue weighted by Crippen LogP contribution is -2.18. The third-order valence-corrected chi connectivity index (χ3v) is 2.37. The minimum Gasteiger partial charge on any atom is -0.493 e. The Morgan fingerprint density at radius 3 is 2.45 bits per heavy atom. The molecule has 110 valence electrons. The Kier molecular flexibility index (Phi) is 6.15. The highest BCUT2D eigenvalue weighted by molar-refractivity contribution is 5.86. The first-order chi connectivity index (χ1) is 9.67. The lowest BCUT2D eigenvalue weighted by molar-refractivity contribution is 0.152. The van der Waals surface area contributed by atoms with E-state index in [2.05, 4.69) is 15.3 Å². The van der Waals surface area contributed by atoms with Crippen LogP contribution in [0.1, 0.15) is 12.5 Å². The summed E-state index contributed by atoms with van der Waals surface area (Å²) in [7, 11) is 4.55. The monoisotopic (exact) mass is 282 g/mol. The largest absolute Gasteiger partial charge is 0.493 e. The number of hydrazone groups is 1. The maximum absolute atomic E-state index is 11.1. The molecule has 1 aromatic carbocycles. The summed E-state index contributed by atoms with van der Waals surface area (Å²) in [6.45, 7) is 1.99. The van der Waals surface area contributed by atoms with Gasteiger partial charge in [-0.2, -0.15) is 5.10 Å². The van der Waals surface area contributed by atoms with Gasteiger partial charge in [0.05, 0.1) is 34.2 Å². The molecule has 0 fully saturated rings. The highest BCUT2D eigenvalue weighted by atomic mass is 16.6. The lowest BCUT2D eigenvalue weighted by Gasteiger charge is -2.13. The van der Waals surface area contributed by atoms with Gasteiger partial charge in [0.2, 0.25) is 5.75 Å². The Hall–Kier alpha value is -2.44. The Labute approximate surface area is 117 Å². The molecule has 0 aromatic heterocycles. The van der Waals surface area contributed by atoms with Gasteiger partial charge >= 0.3 is 6.09 Å². The van der Waals surface area contributed by atoms with Crippen molar-refractivity contribution in [2.45, 2.75) is 6.92 Å². The van der Waals surface area contributed by atoms with Crippen LogP contribution in [0.15, 0.2) is 17.2 Å². The molecule has 0 bridgehead atoms. The van der Waals surface area contributed by atoms with Crippen molar-refractivity contribution in [3.05, 3.63) is 17.7 Å². The second-order valence-electron chi connectivity index (χ2n) is 3.51. The molecule has 0 aliphatic heterocycles. The SMILES string of the molecule is CCOC(=O)NN=Cc1ccc(OC)c(OC)c1OC. The normalized spacial score (nSPS) is 10.2. The Morgan fingerprint density at radius 2 is 1.90 bits per heavy atom. The van der Waals surface area contributed by atoms with E-state index in [-0.39, 0.29) is 6.61 Å². The minimum absolute atomic E-state index is 0.279. The van der Waals surface area contributed by atoms with Gasteiger partial charge < -0.3 is 18.9 Å². The van der Waals surface area contributed by atoms with Crippen LogP contribution in [0, 0.1) is 0 Å². The van der Waals surface area contributed by atoms with Crippen molar-refractivity contribution in [1.29, 1.82) is 0 Å². The first-order valence-electron chi connectivity index (χ1n) is 5.92. The molecule has 0 unspecified atom stereocenters. The second kappa shape index (κ2) is 7.88. The van der Waals surface area contributed by atoms with Crippen LogP contribution >= 0.6 is 0 Å². The molecule has 1 aromatic rings. The summed E-state index contributed by atoms with van der Waals surface area (Å²) in [5, 5.41) is 3.77. The average molecular weight is 282 g/mol. The van der Waals surface area contributed by atoms with Crippen LogP contribution in [0.2, 0.25) is 0 Å². The quantitative estimate of drug-likeness (QED) is 0.635. The number of hydrogen-bond donors (Lipinski definition) is 1.